The highest BCUT2D eigenvalue weighted by Gasteiger charge is 2.15. The number of anilines is 2. The lowest BCUT2D eigenvalue weighted by atomic mass is 9.99. The molecule has 0 saturated heterocycles. The molecule has 8 nitrogen and oxygen atoms in total. The summed E-state index contributed by atoms with van der Waals surface area (Å²) in [6.45, 7) is 1.94. The fraction of sp³-hybridized carbons (Fsp3) is 0.0952. The second kappa shape index (κ2) is 7.23. The van der Waals surface area contributed by atoms with Gasteiger partial charge >= 0.3 is 0 Å². The van der Waals surface area contributed by atoms with E-state index in [1.165, 1.54) is 0 Å². The van der Waals surface area contributed by atoms with Gasteiger partial charge in [0.1, 0.15) is 10.8 Å². The lowest BCUT2D eigenvalue weighted by molar-refractivity contribution is 0.881. The first-order chi connectivity index (χ1) is 14.6. The van der Waals surface area contributed by atoms with E-state index < -0.39 is 0 Å². The molecule has 0 radical (unpaired) electrons. The van der Waals surface area contributed by atoms with Crippen LogP contribution >= 0.6 is 11.6 Å². The van der Waals surface area contributed by atoms with E-state index in [4.69, 9.17) is 11.6 Å². The molecule has 0 aliphatic heterocycles. The summed E-state index contributed by atoms with van der Waals surface area (Å²) in [6.07, 6.45) is 1.61. The molecule has 0 saturated carbocycles. The summed E-state index contributed by atoms with van der Waals surface area (Å²) < 4.78 is 1.74. The molecule has 5 aromatic rings. The predicted octanol–water partition coefficient (Wildman–Crippen LogP) is 4.31. The van der Waals surface area contributed by atoms with Gasteiger partial charge in [-0.1, -0.05) is 48.0 Å². The molecule has 30 heavy (non-hydrogen) atoms. The first-order valence-electron chi connectivity index (χ1n) is 9.30. The number of hydrogen-bond acceptors (Lipinski definition) is 6. The van der Waals surface area contributed by atoms with Gasteiger partial charge in [-0.3, -0.25) is 0 Å². The summed E-state index contributed by atoms with van der Waals surface area (Å²) in [5.74, 6) is 1.45. The minimum atomic E-state index is 0.529. The number of aryl methyl sites for hydroxylation is 1. The van der Waals surface area contributed by atoms with Crippen LogP contribution in [-0.4, -0.2) is 42.3 Å². The molecule has 0 aliphatic rings. The molecule has 5 rings (SSSR count). The molecule has 0 aliphatic carbocycles. The third-order valence-electron chi connectivity index (χ3n) is 4.96. The fourth-order valence-corrected chi connectivity index (χ4v) is 3.65. The number of nitrogens with one attached hydrogen (secondary N) is 1. The van der Waals surface area contributed by atoms with Crippen LogP contribution < -0.4 is 4.90 Å². The Morgan fingerprint density at radius 2 is 1.80 bits per heavy atom. The topological polar surface area (TPSA) is 87.9 Å². The number of halogens is 1. The van der Waals surface area contributed by atoms with Gasteiger partial charge in [-0.15, -0.1) is 10.2 Å². The Morgan fingerprint density at radius 3 is 2.53 bits per heavy atom. The maximum absolute atomic E-state index is 6.23. The van der Waals surface area contributed by atoms with E-state index in [2.05, 4.69) is 59.9 Å². The maximum atomic E-state index is 6.23. The number of H-pyrrole nitrogens is 1. The van der Waals surface area contributed by atoms with E-state index in [0.717, 1.165) is 33.9 Å². The van der Waals surface area contributed by atoms with E-state index >= 15 is 0 Å². The minimum absolute atomic E-state index is 0.529. The van der Waals surface area contributed by atoms with E-state index in [1.807, 2.05) is 44.3 Å². The van der Waals surface area contributed by atoms with Crippen molar-refractivity contribution in [3.05, 3.63) is 71.5 Å². The van der Waals surface area contributed by atoms with Crippen molar-refractivity contribution in [1.82, 2.24) is 35.2 Å². The van der Waals surface area contributed by atoms with Crippen molar-refractivity contribution in [3.63, 3.8) is 0 Å². The van der Waals surface area contributed by atoms with Crippen molar-refractivity contribution in [2.75, 3.05) is 11.9 Å². The SMILES string of the molecule is Cc1cc(N(C)c2ccc(-c3ccccc3-c3nn[nH]n3)cc2)n2ncc(Cl)c2n1. The number of aromatic nitrogens is 7. The van der Waals surface area contributed by atoms with Crippen molar-refractivity contribution in [1.29, 1.82) is 0 Å². The second-order valence-corrected chi connectivity index (χ2v) is 7.28. The van der Waals surface area contributed by atoms with Crippen LogP contribution in [0.5, 0.6) is 0 Å². The van der Waals surface area contributed by atoms with Gasteiger partial charge in [0.05, 0.1) is 6.20 Å². The summed E-state index contributed by atoms with van der Waals surface area (Å²) in [6, 6.07) is 18.3. The van der Waals surface area contributed by atoms with Crippen molar-refractivity contribution >= 4 is 28.8 Å². The maximum Gasteiger partial charge on any atom is 0.205 e. The number of hydrogen-bond donors (Lipinski definition) is 1. The van der Waals surface area contributed by atoms with Crippen LogP contribution in [-0.2, 0) is 0 Å². The van der Waals surface area contributed by atoms with Gasteiger partial charge in [0.15, 0.2) is 5.65 Å². The lowest BCUT2D eigenvalue weighted by Crippen LogP contribution is -2.14. The summed E-state index contributed by atoms with van der Waals surface area (Å²) in [4.78, 5) is 6.54. The van der Waals surface area contributed by atoms with Gasteiger partial charge in [0.2, 0.25) is 5.82 Å². The Labute approximate surface area is 177 Å². The van der Waals surface area contributed by atoms with Gasteiger partial charge < -0.3 is 4.90 Å². The van der Waals surface area contributed by atoms with Gasteiger partial charge in [-0.2, -0.15) is 14.8 Å². The van der Waals surface area contributed by atoms with Gasteiger partial charge in [-0.05, 0) is 35.4 Å². The molecule has 2 aromatic carbocycles. The van der Waals surface area contributed by atoms with E-state index in [-0.39, 0.29) is 0 Å². The Kier molecular flexibility index (Phi) is 4.40. The molecular weight excluding hydrogens is 400 g/mol. The number of rotatable bonds is 4. The van der Waals surface area contributed by atoms with Crippen LogP contribution in [0.1, 0.15) is 5.69 Å². The molecule has 0 spiro atoms. The zero-order valence-corrected chi connectivity index (χ0v) is 17.0. The average molecular weight is 417 g/mol. The zero-order valence-electron chi connectivity index (χ0n) is 16.3. The molecular formula is C21H17ClN8. The van der Waals surface area contributed by atoms with Crippen molar-refractivity contribution in [3.8, 4) is 22.5 Å². The largest absolute Gasteiger partial charge is 0.329 e. The molecule has 0 fully saturated rings. The molecule has 148 valence electrons. The van der Waals surface area contributed by atoms with Crippen molar-refractivity contribution in [2.45, 2.75) is 6.92 Å². The number of tetrazole rings is 1. The van der Waals surface area contributed by atoms with E-state index in [9.17, 15) is 0 Å². The minimum Gasteiger partial charge on any atom is -0.329 e. The first kappa shape index (κ1) is 18.3. The molecule has 0 unspecified atom stereocenters. The summed E-state index contributed by atoms with van der Waals surface area (Å²) in [5.41, 5.74) is 5.54. The second-order valence-electron chi connectivity index (χ2n) is 6.87. The molecule has 0 bridgehead atoms. The van der Waals surface area contributed by atoms with E-state index in [0.29, 0.717) is 16.5 Å². The molecule has 0 atom stereocenters. The first-order valence-corrected chi connectivity index (χ1v) is 9.67. The standard InChI is InChI=1S/C21H17ClN8/c1-13-11-19(30-21(24-13)18(22)12-23-30)29(2)15-9-7-14(8-10-15)16-5-3-4-6-17(16)20-25-27-28-26-20/h3-12H,1-2H3,(H,25,26,27,28). The van der Waals surface area contributed by atoms with Crippen LogP contribution in [0.15, 0.2) is 60.8 Å². The monoisotopic (exact) mass is 416 g/mol. The van der Waals surface area contributed by atoms with Crippen LogP contribution in [0, 0.1) is 6.92 Å². The quantitative estimate of drug-likeness (QED) is 0.469. The highest BCUT2D eigenvalue weighted by atomic mass is 35.5. The van der Waals surface area contributed by atoms with Gasteiger partial charge in [-0.25, -0.2) is 4.98 Å². The van der Waals surface area contributed by atoms with E-state index in [1.54, 1.807) is 10.7 Å². The summed E-state index contributed by atoms with van der Waals surface area (Å²) >= 11 is 6.23. The fourth-order valence-electron chi connectivity index (χ4n) is 3.48. The molecule has 3 aromatic heterocycles. The smallest absolute Gasteiger partial charge is 0.205 e. The third kappa shape index (κ3) is 3.07. The zero-order chi connectivity index (χ0) is 20.7. The highest BCUT2D eigenvalue weighted by Crippen LogP contribution is 2.32. The number of fused-ring (bicyclic) bond motifs is 1. The predicted molar refractivity (Wildman–Crippen MR) is 116 cm³/mol. The Bertz CT molecular complexity index is 1330. The number of nitrogens with zero attached hydrogens (tertiary/aromatic N) is 7. The number of aromatic amines is 1. The van der Waals surface area contributed by atoms with Crippen molar-refractivity contribution in [2.24, 2.45) is 0 Å². The van der Waals surface area contributed by atoms with Crippen LogP contribution in [0.2, 0.25) is 5.02 Å². The normalized spacial score (nSPS) is 11.2. The van der Waals surface area contributed by atoms with Crippen LogP contribution in [0.3, 0.4) is 0 Å². The van der Waals surface area contributed by atoms with Crippen LogP contribution in [0.4, 0.5) is 11.5 Å². The molecule has 3 heterocycles. The molecule has 0 amide bonds. The lowest BCUT2D eigenvalue weighted by Gasteiger charge is -2.21. The third-order valence-corrected chi connectivity index (χ3v) is 5.23. The Balaban J connectivity index is 1.53. The highest BCUT2D eigenvalue weighted by molar-refractivity contribution is 6.33. The van der Waals surface area contributed by atoms with Crippen molar-refractivity contribution < 1.29 is 0 Å². The van der Waals surface area contributed by atoms with Gasteiger partial charge in [0, 0.05) is 30.1 Å². The summed E-state index contributed by atoms with van der Waals surface area (Å²) in [5, 5.41) is 19.3. The Morgan fingerprint density at radius 1 is 1.03 bits per heavy atom. The Hall–Kier alpha value is -3.78. The summed E-state index contributed by atoms with van der Waals surface area (Å²) in [7, 11) is 1.99. The average Bonchev–Trinajstić information content (AvgIpc) is 3.44. The molecule has 1 N–H and O–H groups in total. The van der Waals surface area contributed by atoms with Crippen LogP contribution in [0.25, 0.3) is 28.2 Å². The number of benzene rings is 2. The van der Waals surface area contributed by atoms with Gasteiger partial charge in [0.25, 0.3) is 0 Å². The molecule has 9 heteroatoms.